The minimum atomic E-state index is -0.238. The van der Waals surface area contributed by atoms with Crippen molar-refractivity contribution in [1.82, 2.24) is 20.3 Å². The molecule has 1 aromatic carbocycles. The minimum Gasteiger partial charge on any atom is -0.342 e. The maximum atomic E-state index is 12.4. The molecule has 0 saturated carbocycles. The molecule has 124 valence electrons. The molecule has 1 atom stereocenters. The second-order valence-corrected chi connectivity index (χ2v) is 6.37. The van der Waals surface area contributed by atoms with Gasteiger partial charge < -0.3 is 15.3 Å². The predicted octanol–water partition coefficient (Wildman–Crippen LogP) is 2.48. The molecule has 0 fully saturated rings. The topological polar surface area (TPSA) is 90.6 Å². The second-order valence-electron chi connectivity index (χ2n) is 5.39. The van der Waals surface area contributed by atoms with Gasteiger partial charge in [0.1, 0.15) is 5.82 Å². The number of pyridine rings is 1. The van der Waals surface area contributed by atoms with Crippen LogP contribution in [0.2, 0.25) is 0 Å². The molecule has 6 nitrogen and oxygen atoms in total. The Balaban J connectivity index is 1.84. The number of amides is 1. The first kappa shape index (κ1) is 16.3. The number of para-hydroxylation sites is 2. The number of benzene rings is 1. The van der Waals surface area contributed by atoms with Crippen molar-refractivity contribution in [2.45, 2.75) is 12.5 Å². The highest BCUT2D eigenvalue weighted by Gasteiger charge is 2.19. The Morgan fingerprint density at radius 2 is 2.12 bits per heavy atom. The average Bonchev–Trinajstić information content (AvgIpc) is 3.03. The molecule has 0 aliphatic carbocycles. The number of hydrogen-bond donors (Lipinski definition) is 3. The highest BCUT2D eigenvalue weighted by molar-refractivity contribution is 7.98. The monoisotopic (exact) mass is 342 g/mol. The summed E-state index contributed by atoms with van der Waals surface area (Å²) >= 11 is 1.72. The summed E-state index contributed by atoms with van der Waals surface area (Å²) < 4.78 is 0. The van der Waals surface area contributed by atoms with Gasteiger partial charge in [0, 0.05) is 12.3 Å². The third-order valence-electron chi connectivity index (χ3n) is 3.70. The normalized spacial score (nSPS) is 12.2. The van der Waals surface area contributed by atoms with Crippen molar-refractivity contribution >= 4 is 28.7 Å². The summed E-state index contributed by atoms with van der Waals surface area (Å²) in [5.41, 5.74) is 2.00. The molecule has 0 unspecified atom stereocenters. The van der Waals surface area contributed by atoms with Crippen molar-refractivity contribution in [2.75, 3.05) is 12.0 Å². The number of aromatic nitrogens is 3. The van der Waals surface area contributed by atoms with Crippen LogP contribution in [0.1, 0.15) is 28.6 Å². The molecular weight excluding hydrogens is 324 g/mol. The lowest BCUT2D eigenvalue weighted by molar-refractivity contribution is 0.0934. The van der Waals surface area contributed by atoms with Gasteiger partial charge in [-0.05, 0) is 36.6 Å². The van der Waals surface area contributed by atoms with Gasteiger partial charge in [0.05, 0.1) is 22.6 Å². The Hall–Kier alpha value is -2.54. The smallest absolute Gasteiger partial charge is 0.253 e. The van der Waals surface area contributed by atoms with Gasteiger partial charge in [0.15, 0.2) is 0 Å². The Kier molecular flexibility index (Phi) is 5.00. The van der Waals surface area contributed by atoms with Crippen LogP contribution >= 0.6 is 11.8 Å². The lowest BCUT2D eigenvalue weighted by atomic mass is 10.2. The summed E-state index contributed by atoms with van der Waals surface area (Å²) in [6, 6.07) is 10.4. The van der Waals surface area contributed by atoms with Crippen LogP contribution in [0.3, 0.4) is 0 Å². The summed E-state index contributed by atoms with van der Waals surface area (Å²) in [5.74, 6) is 1.40. The molecule has 1 amide bonds. The fourth-order valence-electron chi connectivity index (χ4n) is 2.44. The van der Waals surface area contributed by atoms with E-state index >= 15 is 0 Å². The summed E-state index contributed by atoms with van der Waals surface area (Å²) in [6.07, 6.45) is 4.21. The third-order valence-corrected chi connectivity index (χ3v) is 4.34. The molecule has 0 saturated heterocycles. The number of H-pyrrole nitrogens is 2. The largest absolute Gasteiger partial charge is 0.342 e. The SMILES string of the molecule is CSCC[C@H](NC(=O)c1ccc(=O)[nH]c1)c1nc2ccccc2[nH]1. The van der Waals surface area contributed by atoms with Crippen molar-refractivity contribution in [2.24, 2.45) is 0 Å². The van der Waals surface area contributed by atoms with E-state index in [4.69, 9.17) is 0 Å². The molecule has 2 heterocycles. The number of carbonyl (C=O) groups excluding carboxylic acids is 1. The maximum Gasteiger partial charge on any atom is 0.253 e. The predicted molar refractivity (Wildman–Crippen MR) is 96.4 cm³/mol. The number of imidazole rings is 1. The van der Waals surface area contributed by atoms with Crippen molar-refractivity contribution in [3.05, 3.63) is 64.3 Å². The van der Waals surface area contributed by atoms with E-state index in [1.54, 1.807) is 11.8 Å². The highest BCUT2D eigenvalue weighted by Crippen LogP contribution is 2.20. The first-order valence-corrected chi connectivity index (χ1v) is 9.00. The second kappa shape index (κ2) is 7.35. The van der Waals surface area contributed by atoms with E-state index < -0.39 is 0 Å². The lowest BCUT2D eigenvalue weighted by Gasteiger charge is -2.16. The van der Waals surface area contributed by atoms with Crippen LogP contribution < -0.4 is 10.9 Å². The maximum absolute atomic E-state index is 12.4. The van der Waals surface area contributed by atoms with E-state index in [0.717, 1.165) is 29.0 Å². The zero-order chi connectivity index (χ0) is 16.9. The van der Waals surface area contributed by atoms with E-state index in [-0.39, 0.29) is 17.5 Å². The number of nitrogens with zero attached hydrogens (tertiary/aromatic N) is 1. The zero-order valence-corrected chi connectivity index (χ0v) is 14.0. The average molecular weight is 342 g/mol. The molecule has 0 spiro atoms. The van der Waals surface area contributed by atoms with Gasteiger partial charge in [0.25, 0.3) is 5.91 Å². The molecule has 24 heavy (non-hydrogen) atoms. The van der Waals surface area contributed by atoms with Gasteiger partial charge in [-0.25, -0.2) is 4.98 Å². The molecule has 0 aliphatic heterocycles. The Morgan fingerprint density at radius 1 is 1.29 bits per heavy atom. The fourth-order valence-corrected chi connectivity index (χ4v) is 2.92. The zero-order valence-electron chi connectivity index (χ0n) is 13.2. The van der Waals surface area contributed by atoms with Crippen LogP contribution in [-0.4, -0.2) is 32.9 Å². The number of hydrogen-bond acceptors (Lipinski definition) is 4. The van der Waals surface area contributed by atoms with E-state index in [1.807, 2.05) is 30.5 Å². The van der Waals surface area contributed by atoms with Crippen LogP contribution in [-0.2, 0) is 0 Å². The van der Waals surface area contributed by atoms with Crippen molar-refractivity contribution in [1.29, 1.82) is 0 Å². The van der Waals surface area contributed by atoms with Crippen LogP contribution in [0.5, 0.6) is 0 Å². The number of thioether (sulfide) groups is 1. The summed E-state index contributed by atoms with van der Waals surface area (Å²) in [5, 5.41) is 3.00. The molecule has 7 heteroatoms. The third kappa shape index (κ3) is 3.68. The van der Waals surface area contributed by atoms with Crippen LogP contribution in [0, 0.1) is 0 Å². The number of aromatic amines is 2. The summed E-state index contributed by atoms with van der Waals surface area (Å²) in [7, 11) is 0. The van der Waals surface area contributed by atoms with Crippen LogP contribution in [0.25, 0.3) is 11.0 Å². The Bertz CT molecular complexity index is 849. The number of rotatable bonds is 6. The van der Waals surface area contributed by atoms with E-state index in [9.17, 15) is 9.59 Å². The van der Waals surface area contributed by atoms with Gasteiger partial charge in [-0.1, -0.05) is 12.1 Å². The van der Waals surface area contributed by atoms with Gasteiger partial charge in [-0.2, -0.15) is 11.8 Å². The van der Waals surface area contributed by atoms with Crippen molar-refractivity contribution < 1.29 is 4.79 Å². The standard InChI is InChI=1S/C17H18N4O2S/c1-24-9-8-14(16-19-12-4-2-3-5-13(12)20-16)21-17(23)11-6-7-15(22)18-10-11/h2-7,10,14H,8-9H2,1H3,(H,18,22)(H,19,20)(H,21,23)/t14-/m0/s1. The molecule has 2 aromatic heterocycles. The number of nitrogens with one attached hydrogen (secondary N) is 3. The number of carbonyl (C=O) groups is 1. The van der Waals surface area contributed by atoms with Crippen LogP contribution in [0.4, 0.5) is 0 Å². The number of fused-ring (bicyclic) bond motifs is 1. The summed E-state index contributed by atoms with van der Waals surface area (Å²) in [4.78, 5) is 33.9. The molecule has 3 aromatic rings. The van der Waals surface area contributed by atoms with Gasteiger partial charge in [-0.15, -0.1) is 0 Å². The van der Waals surface area contributed by atoms with E-state index in [2.05, 4.69) is 20.3 Å². The quantitative estimate of drug-likeness (QED) is 0.642. The highest BCUT2D eigenvalue weighted by atomic mass is 32.2. The Labute approximate surface area is 143 Å². The van der Waals surface area contributed by atoms with Crippen molar-refractivity contribution in [3.8, 4) is 0 Å². The molecule has 0 bridgehead atoms. The van der Waals surface area contributed by atoms with Gasteiger partial charge in [-0.3, -0.25) is 9.59 Å². The first-order valence-electron chi connectivity index (χ1n) is 7.60. The molecular formula is C17H18N4O2S. The molecule has 3 N–H and O–H groups in total. The van der Waals surface area contributed by atoms with Crippen LogP contribution in [0.15, 0.2) is 47.4 Å². The van der Waals surface area contributed by atoms with Crippen molar-refractivity contribution in [3.63, 3.8) is 0 Å². The molecule has 0 radical (unpaired) electrons. The Morgan fingerprint density at radius 3 is 2.83 bits per heavy atom. The van der Waals surface area contributed by atoms with E-state index in [0.29, 0.717) is 5.56 Å². The first-order chi connectivity index (χ1) is 11.7. The fraction of sp³-hybridized carbons (Fsp3) is 0.235. The lowest BCUT2D eigenvalue weighted by Crippen LogP contribution is -2.30. The minimum absolute atomic E-state index is 0.218. The van der Waals surface area contributed by atoms with Gasteiger partial charge in [0.2, 0.25) is 5.56 Å². The summed E-state index contributed by atoms with van der Waals surface area (Å²) in [6.45, 7) is 0. The van der Waals surface area contributed by atoms with E-state index in [1.165, 1.54) is 18.3 Å². The van der Waals surface area contributed by atoms with Gasteiger partial charge >= 0.3 is 0 Å². The molecule has 0 aliphatic rings. The molecule has 3 rings (SSSR count).